The van der Waals surface area contributed by atoms with Crippen molar-refractivity contribution in [3.63, 3.8) is 0 Å². The van der Waals surface area contributed by atoms with Crippen molar-refractivity contribution in [2.45, 2.75) is 53.9 Å². The zero-order chi connectivity index (χ0) is 23.1. The molecule has 1 rings (SSSR count). The average Bonchev–Trinajstić information content (AvgIpc) is 2.58. The zero-order valence-electron chi connectivity index (χ0n) is 19.7. The molecule has 30 heavy (non-hydrogen) atoms. The van der Waals surface area contributed by atoms with Gasteiger partial charge in [-0.15, -0.1) is 0 Å². The quantitative estimate of drug-likeness (QED) is 0.367. The van der Waals surface area contributed by atoms with E-state index in [2.05, 4.69) is 15.8 Å². The zero-order valence-corrected chi connectivity index (χ0v) is 19.7. The Morgan fingerprint density at radius 3 is 2.13 bits per heavy atom. The lowest BCUT2D eigenvalue weighted by molar-refractivity contribution is -0.862. The average molecular weight is 418 g/mol. The van der Waals surface area contributed by atoms with Gasteiger partial charge in [-0.3, -0.25) is 14.4 Å². The molecule has 2 N–H and O–H groups in total. The monoisotopic (exact) mass is 417 g/mol. The standard InChI is InChI=1S/C23H36N4O3/c1-16-9-10-18(13-17(16)2)24-21(29)12-11-19(14-20(28)23(3,4)5)25-26-22(30)15-27(6,7)8/h9-10,13H,11-12,14-15H2,1-8H3,(H-,24,26,29,30)/p+1. The number of rotatable bonds is 9. The summed E-state index contributed by atoms with van der Waals surface area (Å²) in [6.45, 7) is 9.80. The molecule has 0 heterocycles. The van der Waals surface area contributed by atoms with Gasteiger partial charge in [0.15, 0.2) is 6.54 Å². The van der Waals surface area contributed by atoms with Crippen molar-refractivity contribution in [3.05, 3.63) is 29.3 Å². The molecule has 0 aliphatic rings. The topological polar surface area (TPSA) is 87.6 Å². The number of quaternary nitrogens is 1. The Balaban J connectivity index is 2.79. The summed E-state index contributed by atoms with van der Waals surface area (Å²) in [5.41, 5.74) is 5.52. The maximum atomic E-state index is 12.5. The van der Waals surface area contributed by atoms with Crippen molar-refractivity contribution in [1.29, 1.82) is 0 Å². The van der Waals surface area contributed by atoms with E-state index < -0.39 is 5.41 Å². The summed E-state index contributed by atoms with van der Waals surface area (Å²) < 4.78 is 0.468. The fraction of sp³-hybridized carbons (Fsp3) is 0.565. The minimum absolute atomic E-state index is 0.0108. The molecule has 0 unspecified atom stereocenters. The lowest BCUT2D eigenvalue weighted by Gasteiger charge is -2.22. The molecule has 1 aromatic rings. The molecular formula is C23H37N4O3+. The van der Waals surface area contributed by atoms with Crippen molar-refractivity contribution in [3.8, 4) is 0 Å². The molecule has 0 aliphatic carbocycles. The summed E-state index contributed by atoms with van der Waals surface area (Å²) >= 11 is 0. The molecule has 0 saturated heterocycles. The van der Waals surface area contributed by atoms with E-state index in [9.17, 15) is 14.4 Å². The molecule has 0 radical (unpaired) electrons. The Hall–Kier alpha value is -2.54. The lowest BCUT2D eigenvalue weighted by atomic mass is 9.87. The maximum absolute atomic E-state index is 12.5. The molecule has 7 heteroatoms. The largest absolute Gasteiger partial charge is 0.326 e. The third kappa shape index (κ3) is 9.78. The van der Waals surface area contributed by atoms with Gasteiger partial charge in [-0.2, -0.15) is 5.10 Å². The third-order valence-electron chi connectivity index (χ3n) is 4.59. The van der Waals surface area contributed by atoms with E-state index >= 15 is 0 Å². The van der Waals surface area contributed by atoms with Crippen LogP contribution in [0.15, 0.2) is 23.3 Å². The number of carbonyl (C=O) groups excluding carboxylic acids is 3. The van der Waals surface area contributed by atoms with E-state index in [-0.39, 0.29) is 37.0 Å². The van der Waals surface area contributed by atoms with Crippen LogP contribution in [0.3, 0.4) is 0 Å². The van der Waals surface area contributed by atoms with Crippen LogP contribution in [0, 0.1) is 19.3 Å². The van der Waals surface area contributed by atoms with Gasteiger partial charge in [0.2, 0.25) is 5.91 Å². The number of aryl methyl sites for hydroxylation is 2. The minimum Gasteiger partial charge on any atom is -0.326 e. The molecule has 2 amide bonds. The van der Waals surface area contributed by atoms with Gasteiger partial charge in [0.05, 0.1) is 21.1 Å². The summed E-state index contributed by atoms with van der Waals surface area (Å²) in [4.78, 5) is 36.9. The fourth-order valence-electron chi connectivity index (χ4n) is 2.54. The number of carbonyl (C=O) groups is 3. The number of Topliss-reactive ketones (excluding diaryl/α,β-unsaturated/α-hetero) is 1. The molecule has 166 valence electrons. The van der Waals surface area contributed by atoms with Crippen LogP contribution < -0.4 is 10.7 Å². The van der Waals surface area contributed by atoms with Crippen molar-refractivity contribution in [2.24, 2.45) is 10.5 Å². The summed E-state index contributed by atoms with van der Waals surface area (Å²) in [5, 5.41) is 7.05. The predicted molar refractivity (Wildman–Crippen MR) is 121 cm³/mol. The van der Waals surface area contributed by atoms with Crippen LogP contribution in [0.4, 0.5) is 5.69 Å². The molecule has 0 aliphatic heterocycles. The molecule has 0 fully saturated rings. The summed E-state index contributed by atoms with van der Waals surface area (Å²) in [6.07, 6.45) is 0.572. The van der Waals surface area contributed by atoms with Crippen LogP contribution in [-0.2, 0) is 14.4 Å². The van der Waals surface area contributed by atoms with Crippen molar-refractivity contribution in [1.82, 2.24) is 5.43 Å². The van der Waals surface area contributed by atoms with Crippen molar-refractivity contribution in [2.75, 3.05) is 33.0 Å². The number of anilines is 1. The predicted octanol–water partition coefficient (Wildman–Crippen LogP) is 3.21. The number of benzene rings is 1. The van der Waals surface area contributed by atoms with E-state index in [0.717, 1.165) is 16.8 Å². The second-order valence-corrected chi connectivity index (χ2v) is 9.86. The Morgan fingerprint density at radius 1 is 0.967 bits per heavy atom. The minimum atomic E-state index is -0.519. The lowest BCUT2D eigenvalue weighted by Crippen LogP contribution is -2.43. The fourth-order valence-corrected chi connectivity index (χ4v) is 2.54. The number of hydrogen-bond acceptors (Lipinski definition) is 4. The number of hydrogen-bond donors (Lipinski definition) is 2. The Bertz CT molecular complexity index is 815. The Labute approximate surface area is 180 Å². The highest BCUT2D eigenvalue weighted by atomic mass is 16.2. The van der Waals surface area contributed by atoms with Crippen LogP contribution in [0.1, 0.15) is 51.2 Å². The molecule has 0 spiro atoms. The molecule has 0 aromatic heterocycles. The van der Waals surface area contributed by atoms with Crippen LogP contribution in [0.2, 0.25) is 0 Å². The highest BCUT2D eigenvalue weighted by molar-refractivity contribution is 6.05. The first-order chi connectivity index (χ1) is 13.7. The number of nitrogens with zero attached hydrogens (tertiary/aromatic N) is 2. The second kappa shape index (κ2) is 10.5. The normalized spacial score (nSPS) is 12.5. The number of hydrazone groups is 1. The van der Waals surface area contributed by atoms with Crippen LogP contribution in [0.25, 0.3) is 0 Å². The van der Waals surface area contributed by atoms with Gasteiger partial charge in [0, 0.05) is 29.7 Å². The van der Waals surface area contributed by atoms with Gasteiger partial charge in [0.1, 0.15) is 5.78 Å². The highest BCUT2D eigenvalue weighted by Gasteiger charge is 2.23. The van der Waals surface area contributed by atoms with Crippen molar-refractivity contribution < 1.29 is 18.9 Å². The number of ketones is 1. The molecular weight excluding hydrogens is 380 g/mol. The summed E-state index contributed by atoms with van der Waals surface area (Å²) in [5.74, 6) is -0.383. The number of nitrogens with one attached hydrogen (secondary N) is 2. The van der Waals surface area contributed by atoms with Gasteiger partial charge in [-0.1, -0.05) is 26.8 Å². The number of likely N-dealkylation sites (N-methyl/N-ethyl adjacent to an activating group) is 1. The summed E-state index contributed by atoms with van der Waals surface area (Å²) in [7, 11) is 5.72. The SMILES string of the molecule is Cc1ccc(NC(=O)CCC(CC(=O)C(C)(C)C)=NNC(=O)C[N+](C)(C)C)cc1C. The number of amides is 2. The maximum Gasteiger partial charge on any atom is 0.295 e. The van der Waals surface area contributed by atoms with Crippen LogP contribution in [0.5, 0.6) is 0 Å². The van der Waals surface area contributed by atoms with Gasteiger partial charge in [-0.05, 0) is 43.5 Å². The van der Waals surface area contributed by atoms with Crippen LogP contribution in [-0.4, -0.2) is 55.5 Å². The van der Waals surface area contributed by atoms with E-state index in [1.807, 2.05) is 74.0 Å². The smallest absolute Gasteiger partial charge is 0.295 e. The first-order valence-corrected chi connectivity index (χ1v) is 10.2. The highest BCUT2D eigenvalue weighted by Crippen LogP contribution is 2.18. The molecule has 7 nitrogen and oxygen atoms in total. The van der Waals surface area contributed by atoms with Gasteiger partial charge in [-0.25, -0.2) is 5.43 Å². The van der Waals surface area contributed by atoms with Gasteiger partial charge >= 0.3 is 0 Å². The van der Waals surface area contributed by atoms with E-state index in [4.69, 9.17) is 0 Å². The first kappa shape index (κ1) is 25.5. The molecule has 0 bridgehead atoms. The molecule has 0 atom stereocenters. The van der Waals surface area contributed by atoms with E-state index in [1.165, 1.54) is 0 Å². The first-order valence-electron chi connectivity index (χ1n) is 10.2. The Morgan fingerprint density at radius 2 is 1.60 bits per heavy atom. The van der Waals surface area contributed by atoms with Crippen molar-refractivity contribution >= 4 is 29.0 Å². The molecule has 1 aromatic carbocycles. The van der Waals surface area contributed by atoms with E-state index in [1.54, 1.807) is 0 Å². The Kier molecular flexibility index (Phi) is 8.90. The van der Waals surface area contributed by atoms with E-state index in [0.29, 0.717) is 16.6 Å². The second-order valence-electron chi connectivity index (χ2n) is 9.86. The van der Waals surface area contributed by atoms with Gasteiger partial charge in [0.25, 0.3) is 5.91 Å². The third-order valence-corrected chi connectivity index (χ3v) is 4.59. The van der Waals surface area contributed by atoms with Crippen LogP contribution >= 0.6 is 0 Å². The van der Waals surface area contributed by atoms with Gasteiger partial charge < -0.3 is 9.80 Å². The summed E-state index contributed by atoms with van der Waals surface area (Å²) in [6, 6.07) is 5.75. The molecule has 0 saturated carbocycles.